The molecular formula is C15H21N3S. The number of benzene rings is 1. The highest BCUT2D eigenvalue weighted by Crippen LogP contribution is 2.22. The maximum absolute atomic E-state index is 4.63. The Morgan fingerprint density at radius 3 is 2.79 bits per heavy atom. The van der Waals surface area contributed by atoms with Crippen LogP contribution >= 0.6 is 11.8 Å². The summed E-state index contributed by atoms with van der Waals surface area (Å²) in [5.41, 5.74) is 2.22. The number of nitrogens with zero attached hydrogens (tertiary/aromatic N) is 2. The third-order valence-corrected chi connectivity index (χ3v) is 3.62. The van der Waals surface area contributed by atoms with Crippen molar-refractivity contribution in [1.82, 2.24) is 15.1 Å². The van der Waals surface area contributed by atoms with E-state index in [1.54, 1.807) is 11.8 Å². The van der Waals surface area contributed by atoms with E-state index >= 15 is 0 Å². The van der Waals surface area contributed by atoms with Gasteiger partial charge in [0.25, 0.3) is 0 Å². The van der Waals surface area contributed by atoms with Crippen molar-refractivity contribution in [2.45, 2.75) is 25.3 Å². The highest BCUT2D eigenvalue weighted by atomic mass is 32.2. The molecule has 0 atom stereocenters. The molecule has 1 aromatic carbocycles. The molecule has 0 radical (unpaired) electrons. The van der Waals surface area contributed by atoms with E-state index in [4.69, 9.17) is 0 Å². The van der Waals surface area contributed by atoms with E-state index in [-0.39, 0.29) is 0 Å². The number of rotatable bonds is 6. The number of nitrogens with one attached hydrogen (secondary N) is 1. The molecule has 1 N–H and O–H groups in total. The molecule has 0 spiro atoms. The van der Waals surface area contributed by atoms with Crippen molar-refractivity contribution in [3.8, 4) is 5.69 Å². The lowest BCUT2D eigenvalue weighted by molar-refractivity contribution is 0.546. The maximum atomic E-state index is 4.63. The Kier molecular flexibility index (Phi) is 5.05. The van der Waals surface area contributed by atoms with Crippen LogP contribution in [0.4, 0.5) is 0 Å². The van der Waals surface area contributed by atoms with E-state index in [1.807, 2.05) is 16.9 Å². The zero-order chi connectivity index (χ0) is 13.7. The summed E-state index contributed by atoms with van der Waals surface area (Å²) in [6.07, 6.45) is 4.12. The lowest BCUT2D eigenvalue weighted by Gasteiger charge is -2.07. The standard InChI is InChI=1S/C15H21N3S/c1-12(2)10-16-11-13-8-9-18(17-13)14-6-4-5-7-15(14)19-3/h4-9,12,16H,10-11H2,1-3H3. The van der Waals surface area contributed by atoms with E-state index in [9.17, 15) is 0 Å². The minimum absolute atomic E-state index is 0.666. The van der Waals surface area contributed by atoms with E-state index in [0.717, 1.165) is 24.5 Å². The van der Waals surface area contributed by atoms with Gasteiger partial charge in [-0.05, 0) is 36.9 Å². The highest BCUT2D eigenvalue weighted by molar-refractivity contribution is 7.98. The van der Waals surface area contributed by atoms with Crippen LogP contribution in [-0.2, 0) is 6.54 Å². The lowest BCUT2D eigenvalue weighted by Crippen LogP contribution is -2.19. The molecule has 0 aliphatic carbocycles. The fraction of sp³-hybridized carbons (Fsp3) is 0.400. The van der Waals surface area contributed by atoms with Crippen LogP contribution in [0.2, 0.25) is 0 Å². The molecule has 102 valence electrons. The van der Waals surface area contributed by atoms with E-state index in [2.05, 4.69) is 54.8 Å². The quantitative estimate of drug-likeness (QED) is 0.820. The first kappa shape index (κ1) is 14.2. The molecule has 2 aromatic rings. The summed E-state index contributed by atoms with van der Waals surface area (Å²) in [5, 5.41) is 8.04. The number of hydrogen-bond acceptors (Lipinski definition) is 3. The molecule has 4 heteroatoms. The second-order valence-corrected chi connectivity index (χ2v) is 5.80. The first-order valence-electron chi connectivity index (χ1n) is 6.59. The van der Waals surface area contributed by atoms with Gasteiger partial charge in [0.2, 0.25) is 0 Å². The van der Waals surface area contributed by atoms with Crippen molar-refractivity contribution in [2.24, 2.45) is 5.92 Å². The predicted molar refractivity (Wildman–Crippen MR) is 81.9 cm³/mol. The summed E-state index contributed by atoms with van der Waals surface area (Å²) in [6, 6.07) is 10.4. The third kappa shape index (κ3) is 3.85. The Morgan fingerprint density at radius 1 is 1.26 bits per heavy atom. The van der Waals surface area contributed by atoms with Crippen LogP contribution in [0.25, 0.3) is 5.69 Å². The SMILES string of the molecule is CSc1ccccc1-n1ccc(CNCC(C)C)n1. The average Bonchev–Trinajstić information content (AvgIpc) is 2.87. The van der Waals surface area contributed by atoms with Crippen LogP contribution in [0.5, 0.6) is 0 Å². The molecular weight excluding hydrogens is 254 g/mol. The molecule has 0 fully saturated rings. The molecule has 3 nitrogen and oxygen atoms in total. The van der Waals surface area contributed by atoms with Crippen LogP contribution in [-0.4, -0.2) is 22.6 Å². The van der Waals surface area contributed by atoms with Gasteiger partial charge in [0.15, 0.2) is 0 Å². The minimum atomic E-state index is 0.666. The van der Waals surface area contributed by atoms with Crippen LogP contribution in [0, 0.1) is 5.92 Å². The summed E-state index contributed by atoms with van der Waals surface area (Å²) in [7, 11) is 0. The Hall–Kier alpha value is -1.26. The van der Waals surface area contributed by atoms with Gasteiger partial charge in [-0.25, -0.2) is 4.68 Å². The van der Waals surface area contributed by atoms with Crippen molar-refractivity contribution in [2.75, 3.05) is 12.8 Å². The van der Waals surface area contributed by atoms with Crippen LogP contribution in [0.1, 0.15) is 19.5 Å². The minimum Gasteiger partial charge on any atom is -0.311 e. The number of hydrogen-bond donors (Lipinski definition) is 1. The second-order valence-electron chi connectivity index (χ2n) is 4.95. The fourth-order valence-electron chi connectivity index (χ4n) is 1.90. The van der Waals surface area contributed by atoms with Gasteiger partial charge < -0.3 is 5.32 Å². The monoisotopic (exact) mass is 275 g/mol. The number of thioether (sulfide) groups is 1. The van der Waals surface area contributed by atoms with Gasteiger partial charge in [-0.1, -0.05) is 26.0 Å². The fourth-order valence-corrected chi connectivity index (χ4v) is 2.48. The lowest BCUT2D eigenvalue weighted by atomic mass is 10.2. The van der Waals surface area contributed by atoms with Crippen molar-refractivity contribution in [1.29, 1.82) is 0 Å². The zero-order valence-corrected chi connectivity index (χ0v) is 12.6. The molecule has 0 saturated carbocycles. The van der Waals surface area contributed by atoms with Gasteiger partial charge in [0, 0.05) is 17.6 Å². The van der Waals surface area contributed by atoms with Gasteiger partial charge in [0.05, 0.1) is 11.4 Å². The maximum Gasteiger partial charge on any atom is 0.0781 e. The van der Waals surface area contributed by atoms with Gasteiger partial charge in [-0.3, -0.25) is 0 Å². The topological polar surface area (TPSA) is 29.9 Å². The average molecular weight is 275 g/mol. The second kappa shape index (κ2) is 6.78. The summed E-state index contributed by atoms with van der Waals surface area (Å²) in [5.74, 6) is 0.666. The van der Waals surface area contributed by atoms with Gasteiger partial charge in [-0.2, -0.15) is 5.10 Å². The number of para-hydroxylation sites is 1. The largest absolute Gasteiger partial charge is 0.311 e. The molecule has 0 aliphatic heterocycles. The van der Waals surface area contributed by atoms with Gasteiger partial charge in [0.1, 0.15) is 0 Å². The molecule has 0 aliphatic rings. The Morgan fingerprint density at radius 2 is 2.05 bits per heavy atom. The normalized spacial score (nSPS) is 11.2. The molecule has 1 aromatic heterocycles. The molecule has 0 unspecified atom stereocenters. The van der Waals surface area contributed by atoms with Crippen LogP contribution < -0.4 is 5.32 Å². The van der Waals surface area contributed by atoms with Gasteiger partial charge >= 0.3 is 0 Å². The molecule has 0 saturated heterocycles. The van der Waals surface area contributed by atoms with E-state index < -0.39 is 0 Å². The van der Waals surface area contributed by atoms with Crippen molar-refractivity contribution in [3.05, 3.63) is 42.2 Å². The van der Waals surface area contributed by atoms with Crippen LogP contribution in [0.15, 0.2) is 41.4 Å². The first-order valence-corrected chi connectivity index (χ1v) is 7.82. The van der Waals surface area contributed by atoms with E-state index in [0.29, 0.717) is 5.92 Å². The number of aromatic nitrogens is 2. The van der Waals surface area contributed by atoms with Crippen LogP contribution in [0.3, 0.4) is 0 Å². The third-order valence-electron chi connectivity index (χ3n) is 2.84. The summed E-state index contributed by atoms with van der Waals surface area (Å²) in [4.78, 5) is 1.24. The summed E-state index contributed by atoms with van der Waals surface area (Å²) >= 11 is 1.74. The predicted octanol–water partition coefficient (Wildman–Crippen LogP) is 3.34. The molecule has 1 heterocycles. The van der Waals surface area contributed by atoms with Crippen molar-refractivity contribution in [3.63, 3.8) is 0 Å². The molecule has 0 bridgehead atoms. The Bertz CT molecular complexity index is 520. The smallest absolute Gasteiger partial charge is 0.0781 e. The Labute approximate surface area is 119 Å². The molecule has 19 heavy (non-hydrogen) atoms. The van der Waals surface area contributed by atoms with Crippen molar-refractivity contribution < 1.29 is 0 Å². The summed E-state index contributed by atoms with van der Waals surface area (Å²) < 4.78 is 1.96. The first-order chi connectivity index (χ1) is 9.20. The molecule has 2 rings (SSSR count). The van der Waals surface area contributed by atoms with Gasteiger partial charge in [-0.15, -0.1) is 11.8 Å². The van der Waals surface area contributed by atoms with E-state index in [1.165, 1.54) is 4.90 Å². The Balaban J connectivity index is 2.08. The van der Waals surface area contributed by atoms with Crippen molar-refractivity contribution >= 4 is 11.8 Å². The highest BCUT2D eigenvalue weighted by Gasteiger charge is 2.05. The zero-order valence-electron chi connectivity index (χ0n) is 11.8. The molecule has 0 amide bonds. The summed E-state index contributed by atoms with van der Waals surface area (Å²) in [6.45, 7) is 6.27.